The van der Waals surface area contributed by atoms with E-state index in [1.165, 1.54) is 4.57 Å². The average Bonchev–Trinajstić information content (AvgIpc) is 3.27. The Morgan fingerprint density at radius 1 is 1.18 bits per heavy atom. The van der Waals surface area contributed by atoms with Crippen LogP contribution in [0.2, 0.25) is 0 Å². The van der Waals surface area contributed by atoms with Gasteiger partial charge in [0.25, 0.3) is 5.56 Å². The zero-order chi connectivity index (χ0) is 15.3. The second-order valence-corrected chi connectivity index (χ2v) is 5.56. The van der Waals surface area contributed by atoms with Crippen LogP contribution in [0.5, 0.6) is 0 Å². The quantitative estimate of drug-likeness (QED) is 0.739. The number of rotatable bonds is 3. The molecular weight excluding hydrogens is 280 g/mol. The van der Waals surface area contributed by atoms with E-state index in [0.717, 1.165) is 18.5 Å². The van der Waals surface area contributed by atoms with Crippen LogP contribution in [0.3, 0.4) is 0 Å². The van der Waals surface area contributed by atoms with E-state index >= 15 is 0 Å². The smallest absolute Gasteiger partial charge is 0.325 e. The minimum Gasteiger partial charge on any atom is -0.325 e. The molecule has 6 heteroatoms. The number of para-hydroxylation sites is 1. The Hall–Kier alpha value is -2.63. The summed E-state index contributed by atoms with van der Waals surface area (Å²) < 4.78 is 4.74. The first kappa shape index (κ1) is 13.1. The summed E-state index contributed by atoms with van der Waals surface area (Å²) in [6.45, 7) is 2.60. The largest absolute Gasteiger partial charge is 0.337 e. The highest BCUT2D eigenvalue weighted by Gasteiger charge is 2.30. The van der Waals surface area contributed by atoms with E-state index in [4.69, 9.17) is 0 Å². The topological polar surface area (TPSA) is 61.8 Å². The van der Waals surface area contributed by atoms with Gasteiger partial charge in [0.15, 0.2) is 11.2 Å². The Balaban J connectivity index is 2.18. The zero-order valence-electron chi connectivity index (χ0n) is 12.3. The molecule has 1 aliphatic rings. The molecule has 0 radical (unpaired) electrons. The molecule has 0 saturated heterocycles. The van der Waals surface area contributed by atoms with E-state index in [-0.39, 0.29) is 17.3 Å². The molecule has 0 atom stereocenters. The van der Waals surface area contributed by atoms with Crippen LogP contribution >= 0.6 is 0 Å². The van der Waals surface area contributed by atoms with Crippen LogP contribution in [-0.4, -0.2) is 18.7 Å². The predicted octanol–water partition coefficient (Wildman–Crippen LogP) is 1.70. The fraction of sp³-hybridized carbons (Fsp3) is 0.312. The van der Waals surface area contributed by atoms with Gasteiger partial charge < -0.3 is 4.57 Å². The third-order valence-corrected chi connectivity index (χ3v) is 4.12. The normalized spacial score (nSPS) is 14.6. The van der Waals surface area contributed by atoms with Crippen molar-refractivity contribution >= 4 is 11.2 Å². The first-order valence-corrected chi connectivity index (χ1v) is 7.50. The van der Waals surface area contributed by atoms with Crippen LogP contribution in [0.15, 0.2) is 46.2 Å². The first-order chi connectivity index (χ1) is 10.7. The number of aromatic nitrogens is 4. The Morgan fingerprint density at radius 2 is 1.91 bits per heavy atom. The van der Waals surface area contributed by atoms with Crippen molar-refractivity contribution in [2.24, 2.45) is 0 Å². The zero-order valence-corrected chi connectivity index (χ0v) is 12.3. The Bertz CT molecular complexity index is 961. The maximum absolute atomic E-state index is 12.9. The van der Waals surface area contributed by atoms with E-state index in [9.17, 15) is 9.59 Å². The van der Waals surface area contributed by atoms with Gasteiger partial charge >= 0.3 is 5.69 Å². The second kappa shape index (κ2) is 4.69. The molecule has 6 nitrogen and oxygen atoms in total. The average molecular weight is 296 g/mol. The predicted molar refractivity (Wildman–Crippen MR) is 83.5 cm³/mol. The molecule has 1 aliphatic carbocycles. The first-order valence-electron chi connectivity index (χ1n) is 7.50. The van der Waals surface area contributed by atoms with Gasteiger partial charge in [0.1, 0.15) is 0 Å². The minimum absolute atomic E-state index is 0.0274. The SMILES string of the molecule is CCn1cnc2c1c(=O)n(C1CC1)c(=O)n2-c1ccccc1. The lowest BCUT2D eigenvalue weighted by Crippen LogP contribution is -2.39. The van der Waals surface area contributed by atoms with Crippen LogP contribution in [0.25, 0.3) is 16.9 Å². The number of hydrogen-bond acceptors (Lipinski definition) is 3. The lowest BCUT2D eigenvalue weighted by Gasteiger charge is -2.11. The van der Waals surface area contributed by atoms with Gasteiger partial charge in [-0.15, -0.1) is 0 Å². The lowest BCUT2D eigenvalue weighted by atomic mass is 10.3. The maximum atomic E-state index is 12.9. The van der Waals surface area contributed by atoms with E-state index in [1.807, 2.05) is 37.3 Å². The molecule has 4 rings (SSSR count). The highest BCUT2D eigenvalue weighted by Crippen LogP contribution is 2.32. The van der Waals surface area contributed by atoms with Crippen molar-refractivity contribution in [2.45, 2.75) is 32.4 Å². The highest BCUT2D eigenvalue weighted by atomic mass is 16.2. The summed E-state index contributed by atoms with van der Waals surface area (Å²) in [4.78, 5) is 29.9. The standard InChI is InChI=1S/C16H16N4O2/c1-2-18-10-17-14-13(18)15(21)20(12-8-9-12)16(22)19(14)11-6-4-3-5-7-11/h3-7,10,12H,2,8-9H2,1H3. The van der Waals surface area contributed by atoms with E-state index < -0.39 is 0 Å². The molecule has 2 heterocycles. The Morgan fingerprint density at radius 3 is 2.55 bits per heavy atom. The monoisotopic (exact) mass is 296 g/mol. The van der Waals surface area contributed by atoms with Crippen molar-refractivity contribution in [3.05, 3.63) is 57.5 Å². The van der Waals surface area contributed by atoms with Gasteiger partial charge in [0.2, 0.25) is 0 Å². The maximum Gasteiger partial charge on any atom is 0.337 e. The summed E-state index contributed by atoms with van der Waals surface area (Å²) in [5.41, 5.74) is 1.13. The molecule has 0 aliphatic heterocycles. The minimum atomic E-state index is -0.299. The number of fused-ring (bicyclic) bond motifs is 1. The highest BCUT2D eigenvalue weighted by molar-refractivity contribution is 5.72. The number of aryl methyl sites for hydroxylation is 1. The van der Waals surface area contributed by atoms with Crippen molar-refractivity contribution in [1.82, 2.24) is 18.7 Å². The van der Waals surface area contributed by atoms with Crippen molar-refractivity contribution < 1.29 is 0 Å². The van der Waals surface area contributed by atoms with Gasteiger partial charge in [-0.1, -0.05) is 18.2 Å². The van der Waals surface area contributed by atoms with Gasteiger partial charge in [0, 0.05) is 12.6 Å². The molecular formula is C16H16N4O2. The fourth-order valence-corrected chi connectivity index (χ4v) is 2.86. The molecule has 3 aromatic rings. The third kappa shape index (κ3) is 1.76. The number of imidazole rings is 1. The molecule has 1 saturated carbocycles. The van der Waals surface area contributed by atoms with Crippen LogP contribution in [0.4, 0.5) is 0 Å². The molecule has 22 heavy (non-hydrogen) atoms. The fourth-order valence-electron chi connectivity index (χ4n) is 2.86. The molecule has 0 unspecified atom stereocenters. The Kier molecular flexibility index (Phi) is 2.79. The van der Waals surface area contributed by atoms with Crippen molar-refractivity contribution in [1.29, 1.82) is 0 Å². The van der Waals surface area contributed by atoms with E-state index in [0.29, 0.717) is 17.7 Å². The second-order valence-electron chi connectivity index (χ2n) is 5.56. The van der Waals surface area contributed by atoms with Crippen LogP contribution < -0.4 is 11.2 Å². The molecule has 0 amide bonds. The lowest BCUT2D eigenvalue weighted by molar-refractivity contribution is 0.638. The summed E-state index contributed by atoms with van der Waals surface area (Å²) in [6.07, 6.45) is 3.40. The van der Waals surface area contributed by atoms with Gasteiger partial charge in [-0.05, 0) is 31.9 Å². The van der Waals surface area contributed by atoms with Crippen molar-refractivity contribution in [3.63, 3.8) is 0 Å². The van der Waals surface area contributed by atoms with Crippen molar-refractivity contribution in [3.8, 4) is 5.69 Å². The molecule has 0 bridgehead atoms. The van der Waals surface area contributed by atoms with Gasteiger partial charge in [0.05, 0.1) is 12.0 Å². The summed E-state index contributed by atoms with van der Waals surface area (Å²) in [5, 5.41) is 0. The third-order valence-electron chi connectivity index (χ3n) is 4.12. The van der Waals surface area contributed by atoms with Gasteiger partial charge in [-0.3, -0.25) is 9.36 Å². The number of hydrogen-bond donors (Lipinski definition) is 0. The molecule has 112 valence electrons. The van der Waals surface area contributed by atoms with Crippen LogP contribution in [0, 0.1) is 0 Å². The number of nitrogens with zero attached hydrogens (tertiary/aromatic N) is 4. The van der Waals surface area contributed by atoms with Crippen molar-refractivity contribution in [2.75, 3.05) is 0 Å². The van der Waals surface area contributed by atoms with E-state index in [1.54, 1.807) is 15.5 Å². The van der Waals surface area contributed by atoms with Crippen LogP contribution in [0.1, 0.15) is 25.8 Å². The summed E-state index contributed by atoms with van der Waals surface area (Å²) in [7, 11) is 0. The molecule has 0 spiro atoms. The Labute approximate surface area is 126 Å². The van der Waals surface area contributed by atoms with Gasteiger partial charge in [-0.25, -0.2) is 14.3 Å². The van der Waals surface area contributed by atoms with Gasteiger partial charge in [-0.2, -0.15) is 0 Å². The summed E-state index contributed by atoms with van der Waals surface area (Å²) in [5.74, 6) is 0. The van der Waals surface area contributed by atoms with E-state index in [2.05, 4.69) is 4.98 Å². The molecule has 1 aromatic carbocycles. The summed E-state index contributed by atoms with van der Waals surface area (Å²) in [6, 6.07) is 9.38. The van der Waals surface area contributed by atoms with Crippen LogP contribution in [-0.2, 0) is 6.54 Å². The number of benzene rings is 1. The molecule has 0 N–H and O–H groups in total. The molecule has 1 fully saturated rings. The molecule has 2 aromatic heterocycles. The summed E-state index contributed by atoms with van der Waals surface area (Å²) >= 11 is 0.